The van der Waals surface area contributed by atoms with Gasteiger partial charge < -0.3 is 15.1 Å². The Labute approximate surface area is 114 Å². The van der Waals surface area contributed by atoms with Gasteiger partial charge in [0, 0.05) is 32.0 Å². The Hall–Kier alpha value is -1.39. The monoisotopic (exact) mass is 261 g/mol. The van der Waals surface area contributed by atoms with Crippen LogP contribution in [0.2, 0.25) is 0 Å². The smallest absolute Gasteiger partial charge is 0.192 e. The van der Waals surface area contributed by atoms with Crippen molar-refractivity contribution in [1.29, 1.82) is 0 Å². The van der Waals surface area contributed by atoms with Gasteiger partial charge in [0.25, 0.3) is 0 Å². The van der Waals surface area contributed by atoms with E-state index in [1.54, 1.807) is 0 Å². The third kappa shape index (κ3) is 3.33. The van der Waals surface area contributed by atoms with E-state index in [0.717, 1.165) is 36.6 Å². The lowest BCUT2D eigenvalue weighted by Gasteiger charge is -2.25. The minimum Gasteiger partial charge on any atom is -0.441 e. The predicted octanol–water partition coefficient (Wildman–Crippen LogP) is 2.22. The number of likely N-dealkylation sites (N-methyl/N-ethyl adjacent to an activating group) is 1. The number of aromatic nitrogens is 1. The van der Waals surface area contributed by atoms with Crippen LogP contribution in [-0.4, -0.2) is 31.7 Å². The summed E-state index contributed by atoms with van der Waals surface area (Å²) in [5, 5.41) is 6.60. The fraction of sp³-hybridized carbons (Fsp3) is 0.533. The summed E-state index contributed by atoms with van der Waals surface area (Å²) in [7, 11) is 1.97. The van der Waals surface area contributed by atoms with E-state index in [9.17, 15) is 0 Å². The van der Waals surface area contributed by atoms with Crippen LogP contribution >= 0.6 is 0 Å². The molecule has 0 atom stereocenters. The molecular formula is C15H23N3O. The minimum absolute atomic E-state index is 0.0720. The van der Waals surface area contributed by atoms with Gasteiger partial charge >= 0.3 is 0 Å². The average Bonchev–Trinajstić information content (AvgIpc) is 2.73. The van der Waals surface area contributed by atoms with E-state index in [-0.39, 0.29) is 5.41 Å². The van der Waals surface area contributed by atoms with E-state index in [0.29, 0.717) is 0 Å². The Balaban J connectivity index is 2.12. The van der Waals surface area contributed by atoms with Crippen LogP contribution < -0.4 is 10.6 Å². The van der Waals surface area contributed by atoms with E-state index in [2.05, 4.69) is 41.6 Å². The number of benzene rings is 1. The molecule has 19 heavy (non-hydrogen) atoms. The van der Waals surface area contributed by atoms with Gasteiger partial charge in [0.1, 0.15) is 5.52 Å². The van der Waals surface area contributed by atoms with E-state index in [4.69, 9.17) is 4.42 Å². The van der Waals surface area contributed by atoms with Gasteiger partial charge in [-0.15, -0.1) is 0 Å². The molecule has 4 nitrogen and oxygen atoms in total. The molecule has 0 amide bonds. The summed E-state index contributed by atoms with van der Waals surface area (Å²) in [6, 6.07) is 6.29. The maximum Gasteiger partial charge on any atom is 0.192 e. The van der Waals surface area contributed by atoms with E-state index >= 15 is 0 Å². The second-order valence-electron chi connectivity index (χ2n) is 5.58. The fourth-order valence-electron chi connectivity index (χ4n) is 2.18. The van der Waals surface area contributed by atoms with Crippen LogP contribution in [0.1, 0.15) is 25.3 Å². The highest BCUT2D eigenvalue weighted by atomic mass is 16.3. The normalized spacial score (nSPS) is 12.2. The topological polar surface area (TPSA) is 50.1 Å². The molecular weight excluding hydrogens is 238 g/mol. The molecule has 0 aliphatic carbocycles. The molecule has 0 radical (unpaired) electrons. The van der Waals surface area contributed by atoms with Crippen molar-refractivity contribution >= 4 is 11.1 Å². The largest absolute Gasteiger partial charge is 0.441 e. The number of fused-ring (bicyclic) bond motifs is 1. The molecule has 2 aromatic rings. The van der Waals surface area contributed by atoms with Crippen LogP contribution in [-0.2, 0) is 5.41 Å². The van der Waals surface area contributed by atoms with Crippen molar-refractivity contribution < 1.29 is 4.42 Å². The van der Waals surface area contributed by atoms with E-state index < -0.39 is 0 Å². The van der Waals surface area contributed by atoms with Crippen molar-refractivity contribution in [2.24, 2.45) is 0 Å². The summed E-state index contributed by atoms with van der Waals surface area (Å²) >= 11 is 0. The van der Waals surface area contributed by atoms with Gasteiger partial charge in [-0.1, -0.05) is 19.9 Å². The third-order valence-electron chi connectivity index (χ3n) is 3.40. The molecule has 0 saturated carbocycles. The van der Waals surface area contributed by atoms with Crippen LogP contribution in [0.4, 0.5) is 0 Å². The Kier molecular flexibility index (Phi) is 4.22. The van der Waals surface area contributed by atoms with Crippen molar-refractivity contribution in [3.8, 4) is 0 Å². The maximum absolute atomic E-state index is 5.61. The second-order valence-corrected chi connectivity index (χ2v) is 5.58. The van der Waals surface area contributed by atoms with Crippen molar-refractivity contribution in [3.05, 3.63) is 29.7 Å². The van der Waals surface area contributed by atoms with Gasteiger partial charge in [0.2, 0.25) is 0 Å². The van der Waals surface area contributed by atoms with Crippen LogP contribution in [0.15, 0.2) is 22.6 Å². The van der Waals surface area contributed by atoms with Gasteiger partial charge in [-0.2, -0.15) is 0 Å². The summed E-state index contributed by atoms with van der Waals surface area (Å²) in [5.41, 5.74) is 3.15. The van der Waals surface area contributed by atoms with Crippen molar-refractivity contribution in [1.82, 2.24) is 15.6 Å². The molecule has 2 rings (SSSR count). The lowest BCUT2D eigenvalue weighted by Crippen LogP contribution is -2.36. The molecule has 104 valence electrons. The number of nitrogens with one attached hydrogen (secondary N) is 2. The van der Waals surface area contributed by atoms with Gasteiger partial charge in [-0.3, -0.25) is 0 Å². The molecule has 0 aliphatic heterocycles. The molecule has 0 aliphatic rings. The molecule has 1 heterocycles. The molecule has 2 N–H and O–H groups in total. The van der Waals surface area contributed by atoms with Crippen LogP contribution in [0.5, 0.6) is 0 Å². The minimum atomic E-state index is 0.0720. The van der Waals surface area contributed by atoms with E-state index in [1.807, 2.05) is 20.0 Å². The van der Waals surface area contributed by atoms with Crippen molar-refractivity contribution in [2.75, 3.05) is 26.7 Å². The molecule has 4 heteroatoms. The van der Waals surface area contributed by atoms with Crippen LogP contribution in [0.3, 0.4) is 0 Å². The second kappa shape index (κ2) is 5.72. The van der Waals surface area contributed by atoms with Crippen LogP contribution in [0, 0.1) is 6.92 Å². The SMILES string of the molecule is CNCCNCC(C)(C)c1ccc2nc(C)oc2c1. The molecule has 0 fully saturated rings. The number of hydrogen-bond donors (Lipinski definition) is 2. The zero-order chi connectivity index (χ0) is 13.9. The highest BCUT2D eigenvalue weighted by molar-refractivity contribution is 5.73. The Morgan fingerprint density at radius 2 is 2.05 bits per heavy atom. The lowest BCUT2D eigenvalue weighted by atomic mass is 9.84. The standard InChI is InChI=1S/C15H23N3O/c1-11-18-13-6-5-12(9-14(13)19-11)15(2,3)10-17-8-7-16-4/h5-6,9,16-17H,7-8,10H2,1-4H3. The van der Waals surface area contributed by atoms with Crippen molar-refractivity contribution in [2.45, 2.75) is 26.2 Å². The molecule has 1 aromatic heterocycles. The van der Waals surface area contributed by atoms with Gasteiger partial charge in [-0.25, -0.2) is 4.98 Å². The first-order valence-electron chi connectivity index (χ1n) is 6.76. The van der Waals surface area contributed by atoms with Gasteiger partial charge in [-0.05, 0) is 24.7 Å². The molecule has 0 saturated heterocycles. The number of hydrogen-bond acceptors (Lipinski definition) is 4. The highest BCUT2D eigenvalue weighted by Gasteiger charge is 2.21. The zero-order valence-corrected chi connectivity index (χ0v) is 12.2. The fourth-order valence-corrected chi connectivity index (χ4v) is 2.18. The summed E-state index contributed by atoms with van der Waals surface area (Å²) in [6.45, 7) is 9.25. The number of aryl methyl sites for hydroxylation is 1. The first-order chi connectivity index (χ1) is 9.03. The predicted molar refractivity (Wildman–Crippen MR) is 78.6 cm³/mol. The first-order valence-corrected chi connectivity index (χ1v) is 6.76. The summed E-state index contributed by atoms with van der Waals surface area (Å²) in [4.78, 5) is 4.33. The Morgan fingerprint density at radius 1 is 1.26 bits per heavy atom. The number of nitrogens with zero attached hydrogens (tertiary/aromatic N) is 1. The summed E-state index contributed by atoms with van der Waals surface area (Å²) in [6.07, 6.45) is 0. The molecule has 0 unspecified atom stereocenters. The Morgan fingerprint density at radius 3 is 2.79 bits per heavy atom. The summed E-state index contributed by atoms with van der Waals surface area (Å²) < 4.78 is 5.61. The maximum atomic E-state index is 5.61. The molecule has 0 spiro atoms. The molecule has 1 aromatic carbocycles. The quantitative estimate of drug-likeness (QED) is 0.783. The zero-order valence-electron chi connectivity index (χ0n) is 12.2. The van der Waals surface area contributed by atoms with Gasteiger partial charge in [0.15, 0.2) is 11.5 Å². The summed E-state index contributed by atoms with van der Waals surface area (Å²) in [5.74, 6) is 0.720. The first kappa shape index (κ1) is 14.0. The van der Waals surface area contributed by atoms with Crippen LogP contribution in [0.25, 0.3) is 11.1 Å². The number of oxazole rings is 1. The number of rotatable bonds is 6. The van der Waals surface area contributed by atoms with Crippen molar-refractivity contribution in [3.63, 3.8) is 0 Å². The highest BCUT2D eigenvalue weighted by Crippen LogP contribution is 2.26. The van der Waals surface area contributed by atoms with E-state index in [1.165, 1.54) is 5.56 Å². The van der Waals surface area contributed by atoms with Gasteiger partial charge in [0.05, 0.1) is 0 Å². The molecule has 0 bridgehead atoms. The Bertz CT molecular complexity index is 545. The lowest BCUT2D eigenvalue weighted by molar-refractivity contribution is 0.467. The average molecular weight is 261 g/mol. The third-order valence-corrected chi connectivity index (χ3v) is 3.40.